The molecule has 2 aromatic carbocycles. The molecule has 1 saturated heterocycles. The molecule has 0 saturated carbocycles. The van der Waals surface area contributed by atoms with E-state index in [1.807, 2.05) is 6.07 Å². The number of methoxy groups -OCH3 is 1. The number of thiocarbonyl (C=S) groups is 1. The first-order valence-corrected chi connectivity index (χ1v) is 9.73. The maximum atomic E-state index is 12.5. The van der Waals surface area contributed by atoms with E-state index >= 15 is 0 Å². The lowest BCUT2D eigenvalue weighted by molar-refractivity contribution is -0.147. The molecule has 2 atom stereocenters. The molecule has 1 aliphatic rings. The van der Waals surface area contributed by atoms with Crippen molar-refractivity contribution in [2.75, 3.05) is 13.7 Å². The standard InChI is InChI=1S/C22H22N2O5S/c1-4-28-21(26)18-13(2)23-22(30)24-19(18)15-10-11-16(17(12-15)27-3)29-20(25)14-8-6-5-7-9-14/h5-12,18-19H,2,4H2,1,3H3,(H2,23,24,30). The minimum Gasteiger partial charge on any atom is -0.493 e. The van der Waals surface area contributed by atoms with Crippen LogP contribution in [0.3, 0.4) is 0 Å². The van der Waals surface area contributed by atoms with Gasteiger partial charge in [-0.1, -0.05) is 30.8 Å². The average molecular weight is 426 g/mol. The van der Waals surface area contributed by atoms with Crippen molar-refractivity contribution >= 4 is 29.3 Å². The van der Waals surface area contributed by atoms with Crippen LogP contribution in [0.1, 0.15) is 28.9 Å². The Bertz CT molecular complexity index is 977. The quantitative estimate of drug-likeness (QED) is 0.414. The van der Waals surface area contributed by atoms with Crippen LogP contribution in [-0.2, 0) is 9.53 Å². The fourth-order valence-corrected chi connectivity index (χ4v) is 3.42. The minimum atomic E-state index is -0.695. The second kappa shape index (κ2) is 9.41. The van der Waals surface area contributed by atoms with Gasteiger partial charge in [0.2, 0.25) is 0 Å². The average Bonchev–Trinajstić information content (AvgIpc) is 2.74. The van der Waals surface area contributed by atoms with Crippen LogP contribution in [0.5, 0.6) is 11.5 Å². The Labute approximate surface area is 180 Å². The molecule has 0 amide bonds. The van der Waals surface area contributed by atoms with Crippen molar-refractivity contribution in [2.24, 2.45) is 5.92 Å². The molecule has 7 nitrogen and oxygen atoms in total. The van der Waals surface area contributed by atoms with Gasteiger partial charge in [-0.05, 0) is 49.0 Å². The summed E-state index contributed by atoms with van der Waals surface area (Å²) in [6.07, 6.45) is 0. The second-order valence-electron chi connectivity index (χ2n) is 6.50. The van der Waals surface area contributed by atoms with E-state index in [0.29, 0.717) is 27.7 Å². The molecule has 2 unspecified atom stereocenters. The van der Waals surface area contributed by atoms with Crippen LogP contribution < -0.4 is 20.1 Å². The maximum absolute atomic E-state index is 12.5. The Morgan fingerprint density at radius 3 is 2.53 bits per heavy atom. The summed E-state index contributed by atoms with van der Waals surface area (Å²) >= 11 is 5.23. The van der Waals surface area contributed by atoms with Gasteiger partial charge in [0.05, 0.1) is 25.3 Å². The molecule has 0 radical (unpaired) electrons. The van der Waals surface area contributed by atoms with Crippen molar-refractivity contribution in [2.45, 2.75) is 13.0 Å². The van der Waals surface area contributed by atoms with E-state index in [0.717, 1.165) is 0 Å². The summed E-state index contributed by atoms with van der Waals surface area (Å²) in [5.74, 6) is -1.01. The fraction of sp³-hybridized carbons (Fsp3) is 0.227. The van der Waals surface area contributed by atoms with E-state index in [1.165, 1.54) is 7.11 Å². The topological polar surface area (TPSA) is 85.9 Å². The van der Waals surface area contributed by atoms with Gasteiger partial charge in [-0.3, -0.25) is 4.79 Å². The Morgan fingerprint density at radius 1 is 1.13 bits per heavy atom. The van der Waals surface area contributed by atoms with Gasteiger partial charge >= 0.3 is 11.9 Å². The molecule has 0 aromatic heterocycles. The van der Waals surface area contributed by atoms with Gasteiger partial charge < -0.3 is 24.8 Å². The van der Waals surface area contributed by atoms with E-state index in [2.05, 4.69) is 17.2 Å². The summed E-state index contributed by atoms with van der Waals surface area (Å²) in [6.45, 7) is 5.90. The van der Waals surface area contributed by atoms with Crippen LogP contribution in [0.15, 0.2) is 60.8 Å². The van der Waals surface area contributed by atoms with Gasteiger partial charge in [-0.25, -0.2) is 4.79 Å². The summed E-state index contributed by atoms with van der Waals surface area (Å²) in [5, 5.41) is 6.31. The number of carbonyl (C=O) groups excluding carboxylic acids is 2. The first kappa shape index (κ1) is 21.3. The van der Waals surface area contributed by atoms with Crippen LogP contribution in [0.4, 0.5) is 0 Å². The minimum absolute atomic E-state index is 0.247. The first-order chi connectivity index (χ1) is 14.4. The third kappa shape index (κ3) is 4.60. The number of hydrogen-bond donors (Lipinski definition) is 2. The number of benzene rings is 2. The van der Waals surface area contributed by atoms with E-state index < -0.39 is 23.9 Å². The summed E-state index contributed by atoms with van der Waals surface area (Å²) in [5.41, 5.74) is 1.57. The number of hydrogen-bond acceptors (Lipinski definition) is 6. The Hall–Kier alpha value is -3.39. The molecule has 0 aliphatic carbocycles. The van der Waals surface area contributed by atoms with Crippen LogP contribution in [0.2, 0.25) is 0 Å². The third-order valence-electron chi connectivity index (χ3n) is 4.57. The maximum Gasteiger partial charge on any atom is 0.343 e. The Balaban J connectivity index is 1.90. The van der Waals surface area contributed by atoms with Crippen molar-refractivity contribution in [1.82, 2.24) is 10.6 Å². The lowest BCUT2D eigenvalue weighted by atomic mass is 9.89. The highest BCUT2D eigenvalue weighted by Gasteiger charge is 2.38. The monoisotopic (exact) mass is 426 g/mol. The molecular weight excluding hydrogens is 404 g/mol. The van der Waals surface area contributed by atoms with Crippen LogP contribution in [-0.4, -0.2) is 30.8 Å². The molecular formula is C22H22N2O5S. The SMILES string of the molecule is C=C1NC(=S)NC(c2ccc(OC(=O)c3ccccc3)c(OC)c2)C1C(=O)OCC. The molecule has 30 heavy (non-hydrogen) atoms. The van der Waals surface area contributed by atoms with Gasteiger partial charge in [0.15, 0.2) is 16.6 Å². The molecule has 2 aromatic rings. The molecule has 0 spiro atoms. The van der Waals surface area contributed by atoms with Crippen LogP contribution >= 0.6 is 12.2 Å². The van der Waals surface area contributed by atoms with E-state index in [1.54, 1.807) is 49.4 Å². The van der Waals surface area contributed by atoms with E-state index in [4.69, 9.17) is 26.4 Å². The lowest BCUT2D eigenvalue weighted by Gasteiger charge is -2.35. The Morgan fingerprint density at radius 2 is 1.87 bits per heavy atom. The molecule has 3 rings (SSSR count). The molecule has 1 fully saturated rings. The number of carbonyl (C=O) groups is 2. The summed E-state index contributed by atoms with van der Waals surface area (Å²) in [6, 6.07) is 13.2. The number of esters is 2. The van der Waals surface area contributed by atoms with Crippen LogP contribution in [0.25, 0.3) is 0 Å². The molecule has 0 bridgehead atoms. The van der Waals surface area contributed by atoms with E-state index in [9.17, 15) is 9.59 Å². The van der Waals surface area contributed by atoms with Gasteiger partial charge in [0.1, 0.15) is 5.92 Å². The first-order valence-electron chi connectivity index (χ1n) is 9.32. The molecule has 2 N–H and O–H groups in total. The van der Waals surface area contributed by atoms with Gasteiger partial charge in [0.25, 0.3) is 0 Å². The predicted octanol–water partition coefficient (Wildman–Crippen LogP) is 3.13. The second-order valence-corrected chi connectivity index (χ2v) is 6.91. The smallest absolute Gasteiger partial charge is 0.343 e. The molecule has 8 heteroatoms. The largest absolute Gasteiger partial charge is 0.493 e. The number of rotatable bonds is 6. The fourth-order valence-electron chi connectivity index (χ4n) is 3.17. The molecule has 156 valence electrons. The number of ether oxygens (including phenoxy) is 3. The normalized spacial score (nSPS) is 18.1. The summed E-state index contributed by atoms with van der Waals surface area (Å²) < 4.78 is 16.1. The zero-order chi connectivity index (χ0) is 21.7. The van der Waals surface area contributed by atoms with Crippen LogP contribution in [0, 0.1) is 5.92 Å². The summed E-state index contributed by atoms with van der Waals surface area (Å²) in [7, 11) is 1.47. The Kier molecular flexibility index (Phi) is 6.68. The lowest BCUT2D eigenvalue weighted by Crippen LogP contribution is -2.51. The van der Waals surface area contributed by atoms with Crippen molar-refractivity contribution < 1.29 is 23.8 Å². The van der Waals surface area contributed by atoms with Gasteiger partial charge in [-0.2, -0.15) is 0 Å². The predicted molar refractivity (Wildman–Crippen MR) is 115 cm³/mol. The van der Waals surface area contributed by atoms with Gasteiger partial charge in [0, 0.05) is 5.70 Å². The van der Waals surface area contributed by atoms with Gasteiger partial charge in [-0.15, -0.1) is 0 Å². The zero-order valence-electron chi connectivity index (χ0n) is 16.6. The van der Waals surface area contributed by atoms with Crippen molar-refractivity contribution in [1.29, 1.82) is 0 Å². The van der Waals surface area contributed by atoms with E-state index in [-0.39, 0.29) is 12.4 Å². The van der Waals surface area contributed by atoms with Crippen molar-refractivity contribution in [3.8, 4) is 11.5 Å². The zero-order valence-corrected chi connectivity index (χ0v) is 17.5. The third-order valence-corrected chi connectivity index (χ3v) is 4.79. The number of nitrogens with one attached hydrogen (secondary N) is 2. The molecule has 1 heterocycles. The van der Waals surface area contributed by atoms with Crippen molar-refractivity contribution in [3.05, 3.63) is 71.9 Å². The highest BCUT2D eigenvalue weighted by atomic mass is 32.1. The van der Waals surface area contributed by atoms with Crippen molar-refractivity contribution in [3.63, 3.8) is 0 Å². The highest BCUT2D eigenvalue weighted by Crippen LogP contribution is 2.36. The molecule has 1 aliphatic heterocycles. The highest BCUT2D eigenvalue weighted by molar-refractivity contribution is 7.80. The summed E-state index contributed by atoms with van der Waals surface area (Å²) in [4.78, 5) is 24.9.